The van der Waals surface area contributed by atoms with E-state index >= 15 is 0 Å². The summed E-state index contributed by atoms with van der Waals surface area (Å²) < 4.78 is 0. The van der Waals surface area contributed by atoms with E-state index in [1.54, 1.807) is 7.05 Å². The summed E-state index contributed by atoms with van der Waals surface area (Å²) in [6.07, 6.45) is 6.56. The highest BCUT2D eigenvalue weighted by Crippen LogP contribution is 2.47. The lowest BCUT2D eigenvalue weighted by Crippen LogP contribution is -2.53. The van der Waals surface area contributed by atoms with Crippen LogP contribution in [0.1, 0.15) is 43.6 Å². The standard InChI is InChI=1S/C21H31N3O/c1-22-20(25)15-23-11-9-21(10-12-23)13-18(17-5-3-2-4-6-17)14-24(16-21)19-7-8-19/h2-6,18-19H,7-16H2,1H3,(H,22,25)/t18-/m1/s1. The molecule has 3 fully saturated rings. The lowest BCUT2D eigenvalue weighted by atomic mass is 9.68. The molecule has 2 saturated heterocycles. The normalized spacial score (nSPS) is 27.3. The maximum absolute atomic E-state index is 11.7. The predicted molar refractivity (Wildman–Crippen MR) is 101 cm³/mol. The van der Waals surface area contributed by atoms with Crippen LogP contribution in [0.5, 0.6) is 0 Å². The Hall–Kier alpha value is -1.39. The smallest absolute Gasteiger partial charge is 0.233 e. The third-order valence-electron chi connectivity index (χ3n) is 6.57. The molecule has 4 rings (SSSR count). The number of carbonyl (C=O) groups excluding carboxylic acids is 1. The third-order valence-corrected chi connectivity index (χ3v) is 6.57. The van der Waals surface area contributed by atoms with E-state index < -0.39 is 0 Å². The monoisotopic (exact) mass is 341 g/mol. The van der Waals surface area contributed by atoms with Crippen LogP contribution in [0.2, 0.25) is 0 Å². The molecule has 0 bridgehead atoms. The summed E-state index contributed by atoms with van der Waals surface area (Å²) >= 11 is 0. The van der Waals surface area contributed by atoms with Gasteiger partial charge in [-0.3, -0.25) is 14.6 Å². The number of hydrogen-bond donors (Lipinski definition) is 1. The van der Waals surface area contributed by atoms with Crippen LogP contribution in [-0.4, -0.2) is 61.5 Å². The van der Waals surface area contributed by atoms with Gasteiger partial charge in [0.1, 0.15) is 0 Å². The van der Waals surface area contributed by atoms with Crippen LogP contribution in [0.3, 0.4) is 0 Å². The van der Waals surface area contributed by atoms with Gasteiger partial charge >= 0.3 is 0 Å². The second kappa shape index (κ2) is 7.08. The Kier molecular flexibility index (Phi) is 4.83. The Bertz CT molecular complexity index is 590. The van der Waals surface area contributed by atoms with Crippen LogP contribution in [-0.2, 0) is 4.79 Å². The van der Waals surface area contributed by atoms with Crippen LogP contribution in [0.4, 0.5) is 0 Å². The minimum absolute atomic E-state index is 0.140. The minimum Gasteiger partial charge on any atom is -0.358 e. The molecule has 0 radical (unpaired) electrons. The zero-order chi connectivity index (χ0) is 17.3. The summed E-state index contributed by atoms with van der Waals surface area (Å²) in [5.74, 6) is 0.808. The molecule has 1 N–H and O–H groups in total. The van der Waals surface area contributed by atoms with Crippen molar-refractivity contribution in [3.8, 4) is 0 Å². The SMILES string of the molecule is CNC(=O)CN1CCC2(CC1)C[C@@H](c1ccccc1)CN(C1CC1)C2. The number of carbonyl (C=O) groups is 1. The van der Waals surface area contributed by atoms with Gasteiger partial charge in [0.25, 0.3) is 0 Å². The summed E-state index contributed by atoms with van der Waals surface area (Å²) in [6.45, 7) is 5.19. The highest BCUT2D eigenvalue weighted by molar-refractivity contribution is 5.77. The zero-order valence-corrected chi connectivity index (χ0v) is 15.4. The van der Waals surface area contributed by atoms with Crippen LogP contribution in [0.25, 0.3) is 0 Å². The van der Waals surface area contributed by atoms with Crippen molar-refractivity contribution in [3.63, 3.8) is 0 Å². The van der Waals surface area contributed by atoms with Crippen molar-refractivity contribution in [3.05, 3.63) is 35.9 Å². The fourth-order valence-corrected chi connectivity index (χ4v) is 4.93. The molecule has 4 nitrogen and oxygen atoms in total. The van der Waals surface area contributed by atoms with E-state index in [9.17, 15) is 4.79 Å². The Labute approximate surface area is 151 Å². The number of benzene rings is 1. The number of hydrogen-bond acceptors (Lipinski definition) is 3. The van der Waals surface area contributed by atoms with Crippen LogP contribution < -0.4 is 5.32 Å². The van der Waals surface area contributed by atoms with E-state index in [2.05, 4.69) is 45.4 Å². The molecule has 2 aliphatic heterocycles. The molecule has 0 unspecified atom stereocenters. The lowest BCUT2D eigenvalue weighted by Gasteiger charge is -2.50. The molecule has 1 aromatic carbocycles. The van der Waals surface area contributed by atoms with Gasteiger partial charge in [-0.05, 0) is 62.1 Å². The highest BCUT2D eigenvalue weighted by Gasteiger charge is 2.45. The van der Waals surface area contributed by atoms with Crippen LogP contribution in [0.15, 0.2) is 30.3 Å². The maximum Gasteiger partial charge on any atom is 0.233 e. The van der Waals surface area contributed by atoms with Gasteiger partial charge in [0.2, 0.25) is 5.91 Å². The summed E-state index contributed by atoms with van der Waals surface area (Å²) in [6, 6.07) is 12.0. The van der Waals surface area contributed by atoms with Gasteiger partial charge in [0, 0.05) is 26.2 Å². The number of piperidine rings is 2. The Morgan fingerprint density at radius 3 is 2.56 bits per heavy atom. The Morgan fingerprint density at radius 2 is 1.92 bits per heavy atom. The maximum atomic E-state index is 11.7. The predicted octanol–water partition coefficient (Wildman–Crippen LogP) is 2.47. The molecule has 3 aliphatic rings. The average Bonchev–Trinajstić information content (AvgIpc) is 3.49. The number of nitrogens with one attached hydrogen (secondary N) is 1. The molecule has 1 atom stereocenters. The highest BCUT2D eigenvalue weighted by atomic mass is 16.1. The number of likely N-dealkylation sites (N-methyl/N-ethyl adjacent to an activating group) is 1. The first-order chi connectivity index (χ1) is 12.2. The first-order valence-electron chi connectivity index (χ1n) is 9.89. The largest absolute Gasteiger partial charge is 0.358 e. The molecule has 4 heteroatoms. The quantitative estimate of drug-likeness (QED) is 0.914. The van der Waals surface area contributed by atoms with Crippen molar-refractivity contribution in [2.24, 2.45) is 5.41 Å². The topological polar surface area (TPSA) is 35.6 Å². The lowest BCUT2D eigenvalue weighted by molar-refractivity contribution is -0.122. The van der Waals surface area contributed by atoms with E-state index in [4.69, 9.17) is 0 Å². The molecule has 2 heterocycles. The Morgan fingerprint density at radius 1 is 1.20 bits per heavy atom. The van der Waals surface area contributed by atoms with E-state index in [0.717, 1.165) is 19.1 Å². The number of likely N-dealkylation sites (tertiary alicyclic amines) is 2. The van der Waals surface area contributed by atoms with Crippen LogP contribution in [0, 0.1) is 5.41 Å². The van der Waals surface area contributed by atoms with Gasteiger partial charge in [-0.2, -0.15) is 0 Å². The van der Waals surface area contributed by atoms with E-state index in [-0.39, 0.29) is 5.91 Å². The first-order valence-corrected chi connectivity index (χ1v) is 9.89. The summed E-state index contributed by atoms with van der Waals surface area (Å²) in [4.78, 5) is 16.8. The van der Waals surface area contributed by atoms with E-state index in [0.29, 0.717) is 17.9 Å². The van der Waals surface area contributed by atoms with Crippen molar-refractivity contribution < 1.29 is 4.79 Å². The molecule has 1 spiro atoms. The van der Waals surface area contributed by atoms with Crippen molar-refractivity contribution >= 4 is 5.91 Å². The molecule has 1 amide bonds. The van der Waals surface area contributed by atoms with Crippen molar-refractivity contribution in [2.75, 3.05) is 39.8 Å². The number of rotatable bonds is 4. The second-order valence-electron chi connectivity index (χ2n) is 8.42. The molecular formula is C21H31N3O. The fourth-order valence-electron chi connectivity index (χ4n) is 4.93. The minimum atomic E-state index is 0.140. The van der Waals surface area contributed by atoms with Gasteiger partial charge in [-0.25, -0.2) is 0 Å². The molecule has 136 valence electrons. The van der Waals surface area contributed by atoms with Crippen molar-refractivity contribution in [1.82, 2.24) is 15.1 Å². The van der Waals surface area contributed by atoms with Gasteiger partial charge in [-0.15, -0.1) is 0 Å². The van der Waals surface area contributed by atoms with E-state index in [1.807, 2.05) is 0 Å². The summed E-state index contributed by atoms with van der Waals surface area (Å²) in [5.41, 5.74) is 1.96. The Balaban J connectivity index is 1.46. The zero-order valence-electron chi connectivity index (χ0n) is 15.4. The summed E-state index contributed by atoms with van der Waals surface area (Å²) in [5, 5.41) is 2.75. The first kappa shape index (κ1) is 17.0. The summed E-state index contributed by atoms with van der Waals surface area (Å²) in [7, 11) is 1.73. The molecule has 1 aromatic rings. The molecule has 1 aliphatic carbocycles. The second-order valence-corrected chi connectivity index (χ2v) is 8.42. The number of nitrogens with zero attached hydrogens (tertiary/aromatic N) is 2. The average molecular weight is 341 g/mol. The van der Waals surface area contributed by atoms with Gasteiger partial charge in [0.15, 0.2) is 0 Å². The van der Waals surface area contributed by atoms with Crippen molar-refractivity contribution in [2.45, 2.75) is 44.1 Å². The van der Waals surface area contributed by atoms with Gasteiger partial charge < -0.3 is 5.32 Å². The molecule has 0 aromatic heterocycles. The third kappa shape index (κ3) is 3.90. The number of amides is 1. The molecule has 25 heavy (non-hydrogen) atoms. The van der Waals surface area contributed by atoms with Gasteiger partial charge in [-0.1, -0.05) is 30.3 Å². The fraction of sp³-hybridized carbons (Fsp3) is 0.667. The van der Waals surface area contributed by atoms with Crippen LogP contribution >= 0.6 is 0 Å². The molecule has 1 saturated carbocycles. The van der Waals surface area contributed by atoms with Crippen molar-refractivity contribution in [1.29, 1.82) is 0 Å². The van der Waals surface area contributed by atoms with Gasteiger partial charge in [0.05, 0.1) is 6.54 Å². The van der Waals surface area contributed by atoms with E-state index in [1.165, 1.54) is 50.8 Å². The molecular weight excluding hydrogens is 310 g/mol.